The highest BCUT2D eigenvalue weighted by molar-refractivity contribution is 5.89. The number of hydrogen-bond acceptors (Lipinski definition) is 1. The van der Waals surface area contributed by atoms with Crippen molar-refractivity contribution in [1.29, 1.82) is 0 Å². The molecule has 0 aliphatic carbocycles. The first kappa shape index (κ1) is 23.7. The first-order valence-electron chi connectivity index (χ1n) is 11.1. The first-order valence-corrected chi connectivity index (χ1v) is 11.1. The van der Waals surface area contributed by atoms with Crippen LogP contribution in [-0.2, 0) is 6.42 Å². The van der Waals surface area contributed by atoms with Crippen molar-refractivity contribution in [3.63, 3.8) is 0 Å². The monoisotopic (exact) mass is 470 g/mol. The van der Waals surface area contributed by atoms with E-state index in [0.29, 0.717) is 5.39 Å². The van der Waals surface area contributed by atoms with E-state index in [-0.39, 0.29) is 28.0 Å². The molecule has 0 aromatic heterocycles. The fourth-order valence-corrected chi connectivity index (χ4v) is 4.11. The van der Waals surface area contributed by atoms with E-state index in [1.54, 1.807) is 12.1 Å². The second kappa shape index (κ2) is 10.2. The minimum atomic E-state index is -3.00. The van der Waals surface area contributed by atoms with Gasteiger partial charge in [-0.1, -0.05) is 62.2 Å². The maximum atomic E-state index is 15.3. The van der Waals surface area contributed by atoms with Crippen molar-refractivity contribution in [2.24, 2.45) is 0 Å². The van der Waals surface area contributed by atoms with E-state index in [1.165, 1.54) is 30.3 Å². The van der Waals surface area contributed by atoms with Gasteiger partial charge in [-0.05, 0) is 59.2 Å². The van der Waals surface area contributed by atoms with Crippen molar-refractivity contribution in [2.75, 3.05) is 0 Å². The molecular formula is C28H23F5O. The molecule has 0 heterocycles. The third-order valence-corrected chi connectivity index (χ3v) is 5.81. The number of alkyl halides is 2. The van der Waals surface area contributed by atoms with Crippen LogP contribution in [0.5, 0.6) is 5.75 Å². The molecule has 0 aliphatic rings. The molecule has 4 aromatic carbocycles. The van der Waals surface area contributed by atoms with E-state index in [1.807, 2.05) is 12.1 Å². The van der Waals surface area contributed by atoms with Crippen molar-refractivity contribution in [3.8, 4) is 28.0 Å². The Morgan fingerprint density at radius 2 is 1.47 bits per heavy atom. The Kier molecular flexibility index (Phi) is 7.15. The van der Waals surface area contributed by atoms with Gasteiger partial charge >= 0.3 is 6.61 Å². The van der Waals surface area contributed by atoms with Gasteiger partial charge in [0.05, 0.1) is 5.56 Å². The van der Waals surface area contributed by atoms with Crippen molar-refractivity contribution in [3.05, 3.63) is 89.7 Å². The Morgan fingerprint density at radius 1 is 0.765 bits per heavy atom. The molecule has 0 saturated heterocycles. The van der Waals surface area contributed by atoms with Crippen LogP contribution >= 0.6 is 0 Å². The van der Waals surface area contributed by atoms with E-state index in [4.69, 9.17) is 0 Å². The number of fused-ring (bicyclic) bond motifs is 1. The highest BCUT2D eigenvalue weighted by Crippen LogP contribution is 2.35. The topological polar surface area (TPSA) is 9.23 Å². The second-order valence-electron chi connectivity index (χ2n) is 8.16. The quantitative estimate of drug-likeness (QED) is 0.184. The molecule has 0 aliphatic heterocycles. The first-order chi connectivity index (χ1) is 16.4. The summed E-state index contributed by atoms with van der Waals surface area (Å²) in [6.45, 7) is -0.861. The Hall–Kier alpha value is -3.41. The van der Waals surface area contributed by atoms with Gasteiger partial charge in [0.15, 0.2) is 0 Å². The normalized spacial score (nSPS) is 11.4. The number of unbranched alkanes of at least 4 members (excludes halogenated alkanes) is 2. The molecule has 4 rings (SSSR count). The molecule has 0 unspecified atom stereocenters. The standard InChI is InChI=1S/C28H23F5O/c1-2-3-4-5-17-6-12-22-19(14-17)9-13-23(27(22)31)20-15-24(29)26(25(30)16-20)18-7-10-21(11-8-18)34-28(32)33/h6-16,28H,2-5H2,1H3. The summed E-state index contributed by atoms with van der Waals surface area (Å²) >= 11 is 0. The zero-order chi connectivity index (χ0) is 24.2. The Morgan fingerprint density at radius 3 is 2.12 bits per heavy atom. The lowest BCUT2D eigenvalue weighted by Crippen LogP contribution is -2.01. The second-order valence-corrected chi connectivity index (χ2v) is 8.16. The lowest BCUT2D eigenvalue weighted by atomic mass is 9.95. The van der Waals surface area contributed by atoms with E-state index in [2.05, 4.69) is 11.7 Å². The summed E-state index contributed by atoms with van der Waals surface area (Å²) in [7, 11) is 0. The van der Waals surface area contributed by atoms with Crippen LogP contribution in [-0.4, -0.2) is 6.61 Å². The Bertz CT molecular complexity index is 1280. The largest absolute Gasteiger partial charge is 0.435 e. The third-order valence-electron chi connectivity index (χ3n) is 5.81. The van der Waals surface area contributed by atoms with Crippen molar-refractivity contribution < 1.29 is 26.7 Å². The van der Waals surface area contributed by atoms with Gasteiger partial charge in [0.1, 0.15) is 23.2 Å². The van der Waals surface area contributed by atoms with E-state index < -0.39 is 24.1 Å². The van der Waals surface area contributed by atoms with Crippen molar-refractivity contribution in [2.45, 2.75) is 39.2 Å². The fraction of sp³-hybridized carbons (Fsp3) is 0.214. The van der Waals surface area contributed by atoms with Gasteiger partial charge in [-0.15, -0.1) is 0 Å². The molecule has 0 N–H and O–H groups in total. The zero-order valence-electron chi connectivity index (χ0n) is 18.6. The van der Waals surface area contributed by atoms with Crippen LogP contribution in [0.1, 0.15) is 31.7 Å². The van der Waals surface area contributed by atoms with E-state index >= 15 is 4.39 Å². The summed E-state index contributed by atoms with van der Waals surface area (Å²) in [4.78, 5) is 0. The summed E-state index contributed by atoms with van der Waals surface area (Å²) in [6, 6.07) is 15.9. The Balaban J connectivity index is 1.66. The molecule has 0 amide bonds. The molecule has 0 atom stereocenters. The van der Waals surface area contributed by atoms with Gasteiger partial charge in [-0.25, -0.2) is 13.2 Å². The number of rotatable bonds is 8. The predicted molar refractivity (Wildman–Crippen MR) is 125 cm³/mol. The van der Waals surface area contributed by atoms with Gasteiger partial charge in [0.2, 0.25) is 0 Å². The summed E-state index contributed by atoms with van der Waals surface area (Å²) in [5, 5.41) is 1.12. The average molecular weight is 470 g/mol. The molecule has 1 nitrogen and oxygen atoms in total. The molecule has 0 fully saturated rings. The van der Waals surface area contributed by atoms with E-state index in [9.17, 15) is 17.6 Å². The molecule has 6 heteroatoms. The van der Waals surface area contributed by atoms with Crippen LogP contribution in [0, 0.1) is 17.5 Å². The molecule has 176 valence electrons. The number of benzene rings is 4. The van der Waals surface area contributed by atoms with Crippen molar-refractivity contribution >= 4 is 10.8 Å². The summed E-state index contributed by atoms with van der Waals surface area (Å²) in [5.74, 6) is -2.44. The summed E-state index contributed by atoms with van der Waals surface area (Å²) < 4.78 is 74.1. The number of hydrogen-bond donors (Lipinski definition) is 0. The maximum Gasteiger partial charge on any atom is 0.387 e. The molecular weight excluding hydrogens is 447 g/mol. The minimum Gasteiger partial charge on any atom is -0.435 e. The number of aryl methyl sites for hydroxylation is 1. The highest BCUT2D eigenvalue weighted by atomic mass is 19.3. The lowest BCUT2D eigenvalue weighted by Gasteiger charge is -2.12. The predicted octanol–water partition coefficient (Wildman–Crippen LogP) is 8.93. The average Bonchev–Trinajstić information content (AvgIpc) is 2.80. The summed E-state index contributed by atoms with van der Waals surface area (Å²) in [5.41, 5.74) is 1.11. The van der Waals surface area contributed by atoms with E-state index in [0.717, 1.165) is 48.8 Å². The van der Waals surface area contributed by atoms with Crippen LogP contribution in [0.2, 0.25) is 0 Å². The number of ether oxygens (including phenoxy) is 1. The summed E-state index contributed by atoms with van der Waals surface area (Å²) in [6.07, 6.45) is 4.23. The maximum absolute atomic E-state index is 15.3. The SMILES string of the molecule is CCCCCc1ccc2c(F)c(-c3cc(F)c(-c4ccc(OC(F)F)cc4)c(F)c3)ccc2c1. The zero-order valence-corrected chi connectivity index (χ0v) is 18.6. The molecule has 0 spiro atoms. The van der Waals surface area contributed by atoms with Crippen LogP contribution in [0.4, 0.5) is 22.0 Å². The number of halogens is 5. The van der Waals surface area contributed by atoms with Crippen LogP contribution < -0.4 is 4.74 Å². The van der Waals surface area contributed by atoms with Gasteiger partial charge in [0, 0.05) is 10.9 Å². The smallest absolute Gasteiger partial charge is 0.387 e. The van der Waals surface area contributed by atoms with Crippen LogP contribution in [0.25, 0.3) is 33.0 Å². The van der Waals surface area contributed by atoms with Gasteiger partial charge in [-0.2, -0.15) is 8.78 Å². The molecule has 0 radical (unpaired) electrons. The van der Waals surface area contributed by atoms with Gasteiger partial charge in [-0.3, -0.25) is 0 Å². The lowest BCUT2D eigenvalue weighted by molar-refractivity contribution is -0.0498. The molecule has 0 saturated carbocycles. The molecule has 4 aromatic rings. The highest BCUT2D eigenvalue weighted by Gasteiger charge is 2.17. The van der Waals surface area contributed by atoms with Crippen LogP contribution in [0.3, 0.4) is 0 Å². The van der Waals surface area contributed by atoms with Gasteiger partial charge in [0.25, 0.3) is 0 Å². The van der Waals surface area contributed by atoms with Crippen molar-refractivity contribution in [1.82, 2.24) is 0 Å². The Labute approximate surface area is 194 Å². The third kappa shape index (κ3) is 5.06. The van der Waals surface area contributed by atoms with Crippen LogP contribution in [0.15, 0.2) is 66.7 Å². The minimum absolute atomic E-state index is 0.0721. The van der Waals surface area contributed by atoms with Gasteiger partial charge < -0.3 is 4.74 Å². The molecule has 34 heavy (non-hydrogen) atoms. The molecule has 0 bridgehead atoms. The fourth-order valence-electron chi connectivity index (χ4n) is 4.11.